The third kappa shape index (κ3) is 2.65. The van der Waals surface area contributed by atoms with Crippen molar-refractivity contribution in [2.45, 2.75) is 36.9 Å². The van der Waals surface area contributed by atoms with Gasteiger partial charge in [0.15, 0.2) is 0 Å². The van der Waals surface area contributed by atoms with Crippen LogP contribution in [0.5, 0.6) is 0 Å². The number of ether oxygens (including phenoxy) is 1. The fraction of sp³-hybridized carbons (Fsp3) is 0.846. The van der Waals surface area contributed by atoms with Crippen LogP contribution in [0.3, 0.4) is 0 Å². The zero-order valence-corrected chi connectivity index (χ0v) is 11.4. The minimum absolute atomic E-state index is 0.0242. The number of carboxylic acid groups (broad SMARTS) is 1. The second kappa shape index (κ2) is 5.31. The van der Waals surface area contributed by atoms with Gasteiger partial charge in [-0.1, -0.05) is 0 Å². The van der Waals surface area contributed by atoms with E-state index in [1.54, 1.807) is 0 Å². The van der Waals surface area contributed by atoms with Gasteiger partial charge in [0.25, 0.3) is 0 Å². The molecular formula is C13H21N3O4. The Kier molecular flexibility index (Phi) is 3.66. The predicted octanol–water partition coefficient (Wildman–Crippen LogP) is -1.22. The average Bonchev–Trinajstić information content (AvgIpc) is 3.17. The van der Waals surface area contributed by atoms with Crippen LogP contribution in [0.2, 0.25) is 0 Å². The Hall–Kier alpha value is -1.18. The highest BCUT2D eigenvalue weighted by molar-refractivity contribution is 5.83. The number of amides is 1. The lowest BCUT2D eigenvalue weighted by Crippen LogP contribution is -2.74. The van der Waals surface area contributed by atoms with Crippen molar-refractivity contribution in [1.82, 2.24) is 15.5 Å². The summed E-state index contributed by atoms with van der Waals surface area (Å²) in [5.41, 5.74) is -0.443. The summed E-state index contributed by atoms with van der Waals surface area (Å²) in [6.45, 7) is 2.74. The molecule has 2 heterocycles. The van der Waals surface area contributed by atoms with E-state index in [9.17, 15) is 9.59 Å². The van der Waals surface area contributed by atoms with Crippen LogP contribution >= 0.6 is 0 Å². The summed E-state index contributed by atoms with van der Waals surface area (Å²) in [6.07, 6.45) is 2.15. The van der Waals surface area contributed by atoms with Gasteiger partial charge in [0.2, 0.25) is 5.91 Å². The Morgan fingerprint density at radius 3 is 2.70 bits per heavy atom. The Balaban J connectivity index is 1.73. The molecule has 0 radical (unpaired) electrons. The Morgan fingerprint density at radius 1 is 1.40 bits per heavy atom. The van der Waals surface area contributed by atoms with E-state index in [1.807, 2.05) is 4.90 Å². The molecule has 0 aromatic rings. The highest BCUT2D eigenvalue weighted by Crippen LogP contribution is 2.29. The summed E-state index contributed by atoms with van der Waals surface area (Å²) in [6, 6.07) is -0.0629. The molecule has 7 nitrogen and oxygen atoms in total. The molecule has 1 amide bonds. The molecule has 0 spiro atoms. The number of nitrogens with one attached hydrogen (secondary N) is 2. The summed E-state index contributed by atoms with van der Waals surface area (Å²) in [7, 11) is 0. The Bertz CT molecular complexity index is 406. The number of carbonyl (C=O) groups excluding carboxylic acids is 1. The zero-order valence-electron chi connectivity index (χ0n) is 11.4. The topological polar surface area (TPSA) is 90.9 Å². The van der Waals surface area contributed by atoms with Crippen LogP contribution in [-0.4, -0.2) is 72.4 Å². The minimum atomic E-state index is -0.820. The van der Waals surface area contributed by atoms with Crippen molar-refractivity contribution in [3.05, 3.63) is 0 Å². The smallest absolute Gasteiger partial charge is 0.305 e. The van der Waals surface area contributed by atoms with Crippen molar-refractivity contribution >= 4 is 11.9 Å². The fourth-order valence-electron chi connectivity index (χ4n) is 3.04. The Labute approximate surface area is 117 Å². The number of rotatable bonds is 5. The highest BCUT2D eigenvalue weighted by atomic mass is 16.5. The normalized spacial score (nSPS) is 29.5. The molecule has 1 atom stereocenters. The standard InChI is InChI=1S/C13H21N3O4/c17-11(18)5-13(7-14-8-13)16-3-4-20-6-10(16)12(19)15-9-1-2-9/h9-10,14H,1-8H2,(H,15,19)(H,17,18). The summed E-state index contributed by atoms with van der Waals surface area (Å²) < 4.78 is 5.43. The molecule has 0 aromatic carbocycles. The van der Waals surface area contributed by atoms with E-state index >= 15 is 0 Å². The molecule has 0 bridgehead atoms. The van der Waals surface area contributed by atoms with E-state index in [-0.39, 0.29) is 18.4 Å². The Morgan fingerprint density at radius 2 is 2.15 bits per heavy atom. The average molecular weight is 283 g/mol. The number of hydrogen-bond donors (Lipinski definition) is 3. The molecule has 3 fully saturated rings. The van der Waals surface area contributed by atoms with Gasteiger partial charge in [0.05, 0.1) is 25.2 Å². The number of carboxylic acids is 1. The van der Waals surface area contributed by atoms with Gasteiger partial charge < -0.3 is 20.5 Å². The maximum absolute atomic E-state index is 12.3. The van der Waals surface area contributed by atoms with E-state index in [4.69, 9.17) is 9.84 Å². The van der Waals surface area contributed by atoms with E-state index < -0.39 is 11.5 Å². The summed E-state index contributed by atoms with van der Waals surface area (Å²) >= 11 is 0. The van der Waals surface area contributed by atoms with Crippen molar-refractivity contribution < 1.29 is 19.4 Å². The molecule has 112 valence electrons. The van der Waals surface area contributed by atoms with Gasteiger partial charge in [0, 0.05) is 25.7 Å². The zero-order chi connectivity index (χ0) is 14.2. The monoisotopic (exact) mass is 283 g/mol. The van der Waals surface area contributed by atoms with Gasteiger partial charge >= 0.3 is 5.97 Å². The van der Waals surface area contributed by atoms with Crippen LogP contribution in [0.1, 0.15) is 19.3 Å². The molecule has 3 N–H and O–H groups in total. The molecule has 2 saturated heterocycles. The van der Waals surface area contributed by atoms with Gasteiger partial charge in [-0.15, -0.1) is 0 Å². The second-order valence-electron chi connectivity index (χ2n) is 5.97. The minimum Gasteiger partial charge on any atom is -0.481 e. The lowest BCUT2D eigenvalue weighted by molar-refractivity contribution is -0.153. The number of aliphatic carboxylic acids is 1. The molecule has 0 aromatic heterocycles. The molecule has 3 aliphatic rings. The van der Waals surface area contributed by atoms with Crippen molar-refractivity contribution in [2.75, 3.05) is 32.8 Å². The largest absolute Gasteiger partial charge is 0.481 e. The number of carbonyl (C=O) groups is 2. The van der Waals surface area contributed by atoms with E-state index in [0.29, 0.717) is 38.9 Å². The number of hydrogen-bond acceptors (Lipinski definition) is 5. The second-order valence-corrected chi connectivity index (χ2v) is 5.97. The molecular weight excluding hydrogens is 262 g/mol. The van der Waals surface area contributed by atoms with Gasteiger partial charge in [-0.25, -0.2) is 0 Å². The molecule has 1 unspecified atom stereocenters. The maximum atomic E-state index is 12.3. The first-order valence-electron chi connectivity index (χ1n) is 7.18. The van der Waals surface area contributed by atoms with Crippen LogP contribution in [0, 0.1) is 0 Å². The molecule has 1 aliphatic carbocycles. The summed E-state index contributed by atoms with van der Waals surface area (Å²) in [5.74, 6) is -0.844. The number of morpholine rings is 1. The lowest BCUT2D eigenvalue weighted by Gasteiger charge is -2.53. The summed E-state index contributed by atoms with van der Waals surface area (Å²) in [4.78, 5) is 25.5. The van der Waals surface area contributed by atoms with Gasteiger partial charge in [0.1, 0.15) is 6.04 Å². The first kappa shape index (κ1) is 13.8. The third-order valence-corrected chi connectivity index (χ3v) is 4.35. The van der Waals surface area contributed by atoms with E-state index in [1.165, 1.54) is 0 Å². The molecule has 20 heavy (non-hydrogen) atoms. The first-order valence-corrected chi connectivity index (χ1v) is 7.18. The lowest BCUT2D eigenvalue weighted by atomic mass is 9.84. The van der Waals surface area contributed by atoms with Gasteiger partial charge in [-0.3, -0.25) is 14.5 Å². The van der Waals surface area contributed by atoms with Crippen LogP contribution in [0.4, 0.5) is 0 Å². The molecule has 7 heteroatoms. The van der Waals surface area contributed by atoms with Crippen LogP contribution in [0.25, 0.3) is 0 Å². The van der Waals surface area contributed by atoms with Gasteiger partial charge in [-0.05, 0) is 12.8 Å². The molecule has 2 aliphatic heterocycles. The highest BCUT2D eigenvalue weighted by Gasteiger charge is 2.49. The van der Waals surface area contributed by atoms with Crippen molar-refractivity contribution in [2.24, 2.45) is 0 Å². The predicted molar refractivity (Wildman–Crippen MR) is 70.3 cm³/mol. The quantitative estimate of drug-likeness (QED) is 0.586. The van der Waals surface area contributed by atoms with Crippen LogP contribution in [-0.2, 0) is 14.3 Å². The SMILES string of the molecule is O=C(O)CC1(N2CCOCC2C(=O)NC2CC2)CNC1. The van der Waals surface area contributed by atoms with Gasteiger partial charge in [-0.2, -0.15) is 0 Å². The first-order chi connectivity index (χ1) is 9.61. The fourth-order valence-corrected chi connectivity index (χ4v) is 3.04. The van der Waals surface area contributed by atoms with Crippen LogP contribution < -0.4 is 10.6 Å². The molecule has 3 rings (SSSR count). The summed E-state index contributed by atoms with van der Waals surface area (Å²) in [5, 5.41) is 15.3. The number of nitrogens with zero attached hydrogens (tertiary/aromatic N) is 1. The van der Waals surface area contributed by atoms with Crippen LogP contribution in [0.15, 0.2) is 0 Å². The van der Waals surface area contributed by atoms with E-state index in [0.717, 1.165) is 12.8 Å². The third-order valence-electron chi connectivity index (χ3n) is 4.35. The maximum Gasteiger partial charge on any atom is 0.305 e. The van der Waals surface area contributed by atoms with Crippen molar-refractivity contribution in [3.63, 3.8) is 0 Å². The van der Waals surface area contributed by atoms with Crippen molar-refractivity contribution in [1.29, 1.82) is 0 Å². The van der Waals surface area contributed by atoms with E-state index in [2.05, 4.69) is 10.6 Å². The molecule has 1 saturated carbocycles. The van der Waals surface area contributed by atoms with Crippen molar-refractivity contribution in [3.8, 4) is 0 Å².